The number of halogens is 3. The Balaban J connectivity index is 2.35. The van der Waals surface area contributed by atoms with Gasteiger partial charge in [-0.1, -0.05) is 23.7 Å². The number of alkyl halides is 1. The number of para-hydroxylation sites is 1. The molecule has 0 unspecified atom stereocenters. The van der Waals surface area contributed by atoms with Gasteiger partial charge in [-0.25, -0.2) is 9.37 Å². The van der Waals surface area contributed by atoms with E-state index in [1.807, 2.05) is 25.1 Å². The van der Waals surface area contributed by atoms with Crippen LogP contribution in [0.2, 0.25) is 5.02 Å². The Labute approximate surface area is 132 Å². The molecule has 5 heteroatoms. The van der Waals surface area contributed by atoms with Gasteiger partial charge in [-0.3, -0.25) is 4.57 Å². The summed E-state index contributed by atoms with van der Waals surface area (Å²) in [6.07, 6.45) is 0.542. The number of aromatic nitrogens is 2. The Hall–Kier alpha value is -1.58. The molecule has 0 atom stereocenters. The van der Waals surface area contributed by atoms with Crippen LogP contribution in [0.4, 0.5) is 4.39 Å². The predicted molar refractivity (Wildman–Crippen MR) is 85.2 cm³/mol. The largest absolute Gasteiger partial charge is 0.292 e. The van der Waals surface area contributed by atoms with Crippen molar-refractivity contribution < 1.29 is 4.39 Å². The molecule has 0 aliphatic carbocycles. The van der Waals surface area contributed by atoms with Gasteiger partial charge in [-0.05, 0) is 36.8 Å². The second-order valence-corrected chi connectivity index (χ2v) is 5.65. The lowest BCUT2D eigenvalue weighted by Crippen LogP contribution is -2.05. The molecule has 0 aliphatic heterocycles. The maximum Gasteiger partial charge on any atom is 0.147 e. The van der Waals surface area contributed by atoms with Crippen LogP contribution in [0.15, 0.2) is 36.4 Å². The SMILES string of the molecule is Cc1ccc(-n2c(CCCl)nc3cccc(Cl)c32)c(F)c1. The normalized spacial score (nSPS) is 11.2. The lowest BCUT2D eigenvalue weighted by Gasteiger charge is -2.11. The van der Waals surface area contributed by atoms with Gasteiger partial charge in [0.1, 0.15) is 11.6 Å². The van der Waals surface area contributed by atoms with Crippen LogP contribution in [0.25, 0.3) is 16.7 Å². The number of aryl methyl sites for hydroxylation is 2. The van der Waals surface area contributed by atoms with E-state index in [1.54, 1.807) is 16.7 Å². The van der Waals surface area contributed by atoms with Gasteiger partial charge in [0.25, 0.3) is 0 Å². The second kappa shape index (κ2) is 5.66. The monoisotopic (exact) mass is 322 g/mol. The highest BCUT2D eigenvalue weighted by Crippen LogP contribution is 2.29. The van der Waals surface area contributed by atoms with E-state index in [2.05, 4.69) is 4.98 Å². The van der Waals surface area contributed by atoms with Gasteiger partial charge in [-0.2, -0.15) is 0 Å². The first-order chi connectivity index (χ1) is 10.1. The van der Waals surface area contributed by atoms with E-state index in [1.165, 1.54) is 6.07 Å². The van der Waals surface area contributed by atoms with Crippen LogP contribution in [0, 0.1) is 12.7 Å². The molecular weight excluding hydrogens is 310 g/mol. The molecule has 1 heterocycles. The number of hydrogen-bond acceptors (Lipinski definition) is 1. The maximum atomic E-state index is 14.4. The van der Waals surface area contributed by atoms with Gasteiger partial charge in [0.2, 0.25) is 0 Å². The standard InChI is InChI=1S/C16H13Cl2FN2/c1-10-5-6-14(12(19)9-10)21-15(7-8-17)20-13-4-2-3-11(18)16(13)21/h2-6,9H,7-8H2,1H3. The van der Waals surface area contributed by atoms with Crippen molar-refractivity contribution in [3.05, 3.63) is 58.6 Å². The minimum Gasteiger partial charge on any atom is -0.292 e. The predicted octanol–water partition coefficient (Wildman–Crippen LogP) is 4.91. The van der Waals surface area contributed by atoms with Gasteiger partial charge in [0.05, 0.1) is 21.7 Å². The lowest BCUT2D eigenvalue weighted by atomic mass is 10.2. The van der Waals surface area contributed by atoms with Crippen molar-refractivity contribution >= 4 is 34.2 Å². The Morgan fingerprint density at radius 1 is 1.24 bits per heavy atom. The fourth-order valence-electron chi connectivity index (χ4n) is 2.44. The molecule has 0 fully saturated rings. The first kappa shape index (κ1) is 14.4. The first-order valence-electron chi connectivity index (χ1n) is 6.60. The van der Waals surface area contributed by atoms with Crippen LogP contribution >= 0.6 is 23.2 Å². The van der Waals surface area contributed by atoms with Gasteiger partial charge in [0, 0.05) is 12.3 Å². The smallest absolute Gasteiger partial charge is 0.147 e. The molecule has 0 spiro atoms. The zero-order valence-corrected chi connectivity index (χ0v) is 12.9. The summed E-state index contributed by atoms with van der Waals surface area (Å²) in [5.74, 6) is 0.815. The molecule has 21 heavy (non-hydrogen) atoms. The molecule has 2 aromatic carbocycles. The Kier molecular flexibility index (Phi) is 3.87. The molecule has 3 aromatic rings. The van der Waals surface area contributed by atoms with Gasteiger partial charge in [0.15, 0.2) is 0 Å². The summed E-state index contributed by atoms with van der Waals surface area (Å²) in [6.45, 7) is 1.85. The summed E-state index contributed by atoms with van der Waals surface area (Å²) in [4.78, 5) is 4.53. The van der Waals surface area contributed by atoms with E-state index in [-0.39, 0.29) is 5.82 Å². The van der Waals surface area contributed by atoms with E-state index >= 15 is 0 Å². The summed E-state index contributed by atoms with van der Waals surface area (Å²) >= 11 is 12.1. The lowest BCUT2D eigenvalue weighted by molar-refractivity contribution is 0.616. The highest BCUT2D eigenvalue weighted by atomic mass is 35.5. The fraction of sp³-hybridized carbons (Fsp3) is 0.188. The van der Waals surface area contributed by atoms with Crippen LogP contribution in [0.3, 0.4) is 0 Å². The summed E-state index contributed by atoms with van der Waals surface area (Å²) in [5, 5.41) is 0.542. The summed E-state index contributed by atoms with van der Waals surface area (Å²) in [6, 6.07) is 10.6. The number of benzene rings is 2. The van der Waals surface area contributed by atoms with Crippen LogP contribution in [-0.4, -0.2) is 15.4 Å². The average Bonchev–Trinajstić information content (AvgIpc) is 2.79. The van der Waals surface area contributed by atoms with Crippen molar-refractivity contribution in [2.75, 3.05) is 5.88 Å². The number of hydrogen-bond donors (Lipinski definition) is 0. The van der Waals surface area contributed by atoms with Gasteiger partial charge in [-0.15, -0.1) is 11.6 Å². The van der Waals surface area contributed by atoms with Crippen molar-refractivity contribution in [1.29, 1.82) is 0 Å². The average molecular weight is 323 g/mol. The third-order valence-corrected chi connectivity index (χ3v) is 3.85. The number of imidazole rings is 1. The third-order valence-electron chi connectivity index (χ3n) is 3.36. The van der Waals surface area contributed by atoms with Crippen LogP contribution in [0.5, 0.6) is 0 Å². The van der Waals surface area contributed by atoms with Crippen LogP contribution in [0.1, 0.15) is 11.4 Å². The molecule has 3 rings (SSSR count). The van der Waals surface area contributed by atoms with Crippen LogP contribution < -0.4 is 0 Å². The molecule has 0 saturated carbocycles. The van der Waals surface area contributed by atoms with E-state index in [4.69, 9.17) is 23.2 Å². The highest BCUT2D eigenvalue weighted by molar-refractivity contribution is 6.35. The molecular formula is C16H13Cl2FN2. The van der Waals surface area contributed by atoms with Crippen molar-refractivity contribution in [2.45, 2.75) is 13.3 Å². The molecule has 0 amide bonds. The van der Waals surface area contributed by atoms with E-state index < -0.39 is 0 Å². The number of fused-ring (bicyclic) bond motifs is 1. The summed E-state index contributed by atoms with van der Waals surface area (Å²) < 4.78 is 16.1. The molecule has 0 bridgehead atoms. The molecule has 0 aliphatic rings. The summed E-state index contributed by atoms with van der Waals surface area (Å²) in [7, 11) is 0. The molecule has 108 valence electrons. The number of nitrogens with zero attached hydrogens (tertiary/aromatic N) is 2. The third kappa shape index (κ3) is 2.52. The van der Waals surface area contributed by atoms with E-state index in [9.17, 15) is 4.39 Å². The quantitative estimate of drug-likeness (QED) is 0.626. The van der Waals surface area contributed by atoms with Gasteiger partial charge < -0.3 is 0 Å². The molecule has 0 saturated heterocycles. The maximum absolute atomic E-state index is 14.4. The van der Waals surface area contributed by atoms with Crippen molar-refractivity contribution in [2.24, 2.45) is 0 Å². The molecule has 2 nitrogen and oxygen atoms in total. The topological polar surface area (TPSA) is 17.8 Å². The first-order valence-corrected chi connectivity index (χ1v) is 7.51. The van der Waals surface area contributed by atoms with Crippen molar-refractivity contribution in [3.63, 3.8) is 0 Å². The number of rotatable bonds is 3. The highest BCUT2D eigenvalue weighted by Gasteiger charge is 2.17. The van der Waals surface area contributed by atoms with Crippen LogP contribution in [-0.2, 0) is 6.42 Å². The summed E-state index contributed by atoms with van der Waals surface area (Å²) in [5.41, 5.74) is 2.76. The Morgan fingerprint density at radius 2 is 2.05 bits per heavy atom. The van der Waals surface area contributed by atoms with Crippen molar-refractivity contribution in [3.8, 4) is 5.69 Å². The Morgan fingerprint density at radius 3 is 2.76 bits per heavy atom. The van der Waals surface area contributed by atoms with E-state index in [0.29, 0.717) is 34.4 Å². The van der Waals surface area contributed by atoms with Crippen molar-refractivity contribution in [1.82, 2.24) is 9.55 Å². The minimum atomic E-state index is -0.301. The second-order valence-electron chi connectivity index (χ2n) is 4.86. The molecule has 0 radical (unpaired) electrons. The van der Waals surface area contributed by atoms with Gasteiger partial charge >= 0.3 is 0 Å². The zero-order valence-electron chi connectivity index (χ0n) is 11.4. The molecule has 0 N–H and O–H groups in total. The fourth-order valence-corrected chi connectivity index (χ4v) is 2.86. The minimum absolute atomic E-state index is 0.301. The van der Waals surface area contributed by atoms with E-state index in [0.717, 1.165) is 11.1 Å². The molecule has 1 aromatic heterocycles. The Bertz CT molecular complexity index is 811. The zero-order chi connectivity index (χ0) is 15.0.